The molecule has 246 valence electrons. The van der Waals surface area contributed by atoms with Crippen molar-refractivity contribution < 1.29 is 0 Å². The van der Waals surface area contributed by atoms with Gasteiger partial charge in [-0.1, -0.05) is 140 Å². The first kappa shape index (κ1) is 30.3. The second-order valence-electron chi connectivity index (χ2n) is 13.3. The summed E-state index contributed by atoms with van der Waals surface area (Å²) < 4.78 is 5.06. The summed E-state index contributed by atoms with van der Waals surface area (Å²) >= 11 is 1.87. The summed E-state index contributed by atoms with van der Waals surface area (Å²) in [6, 6.07) is 60.6. The van der Waals surface area contributed by atoms with Gasteiger partial charge >= 0.3 is 0 Å². The van der Waals surface area contributed by atoms with Crippen LogP contribution in [0.5, 0.6) is 0 Å². The highest BCUT2D eigenvalue weighted by Crippen LogP contribution is 2.43. The van der Waals surface area contributed by atoms with E-state index in [1.54, 1.807) is 0 Å². The molecule has 0 aliphatic rings. The average molecular weight is 684 g/mol. The number of hydrogen-bond donors (Lipinski definition) is 1. The van der Waals surface area contributed by atoms with E-state index in [9.17, 15) is 0 Å². The summed E-state index contributed by atoms with van der Waals surface area (Å²) in [5.74, 6) is 0.499. The number of hydrogen-bond acceptors (Lipinski definition) is 2. The molecule has 0 unspecified atom stereocenters. The van der Waals surface area contributed by atoms with E-state index in [1.165, 1.54) is 69.1 Å². The number of benzene rings is 8. The third-order valence-electron chi connectivity index (χ3n) is 10.3. The van der Waals surface area contributed by atoms with E-state index in [0.717, 1.165) is 28.9 Å². The van der Waals surface area contributed by atoms with E-state index in [-0.39, 0.29) is 0 Å². The van der Waals surface area contributed by atoms with Crippen molar-refractivity contribution in [3.8, 4) is 5.69 Å². The van der Waals surface area contributed by atoms with E-state index in [2.05, 4.69) is 144 Å². The molecule has 0 atom stereocenters. The van der Waals surface area contributed by atoms with Crippen molar-refractivity contribution in [3.63, 3.8) is 0 Å². The quantitative estimate of drug-likeness (QED) is 0.106. The maximum absolute atomic E-state index is 6.57. The van der Waals surface area contributed by atoms with Crippen molar-refractivity contribution in [2.45, 2.75) is 6.42 Å². The Labute approximate surface area is 305 Å². The minimum Gasteiger partial charge on any atom is -0.383 e. The molecule has 3 nitrogen and oxygen atoms in total. The van der Waals surface area contributed by atoms with Crippen LogP contribution in [0.4, 0.5) is 0 Å². The van der Waals surface area contributed by atoms with E-state index in [4.69, 9.17) is 10.7 Å². The molecule has 0 amide bonds. The summed E-state index contributed by atoms with van der Waals surface area (Å²) in [7, 11) is 0. The van der Waals surface area contributed by atoms with Gasteiger partial charge in [-0.05, 0) is 69.9 Å². The number of allylic oxidation sites excluding steroid dienone is 1. The lowest BCUT2D eigenvalue weighted by molar-refractivity contribution is 1.18. The molecule has 0 spiro atoms. The van der Waals surface area contributed by atoms with Gasteiger partial charge in [0.1, 0.15) is 5.84 Å². The highest BCUT2D eigenvalue weighted by molar-refractivity contribution is 7.26. The van der Waals surface area contributed by atoms with E-state index >= 15 is 0 Å². The second kappa shape index (κ2) is 12.4. The normalized spacial score (nSPS) is 12.6. The molecule has 10 rings (SSSR count). The van der Waals surface area contributed by atoms with Gasteiger partial charge in [0.25, 0.3) is 0 Å². The van der Waals surface area contributed by atoms with E-state index < -0.39 is 0 Å². The molecule has 8 aromatic carbocycles. The fourth-order valence-electron chi connectivity index (χ4n) is 7.83. The standard InChI is InChI=1S/C48H33N3S/c49-48(33-13-5-2-6-14-33)50-41(28-19-31-11-3-1-4-12-31)32-20-22-34(23-21-32)51-42-17-9-7-15-39(42)46-37-24-25-38-36(35(37)26-29-43(46)51)27-30-45-47(38)40-16-8-10-18-44(40)52-45/h1-18,20-30H,19H2,(H2,49,50)/b41-28-. The molecule has 0 saturated carbocycles. The molecule has 0 aliphatic heterocycles. The molecule has 4 heteroatoms. The number of nitrogens with two attached hydrogens (primary N) is 1. The van der Waals surface area contributed by atoms with Crippen LogP contribution in [0.25, 0.3) is 74.9 Å². The lowest BCUT2D eigenvalue weighted by atomic mass is 9.96. The van der Waals surface area contributed by atoms with Crippen molar-refractivity contribution in [1.29, 1.82) is 0 Å². The lowest BCUT2D eigenvalue weighted by Gasteiger charge is -2.11. The van der Waals surface area contributed by atoms with Crippen molar-refractivity contribution in [3.05, 3.63) is 193 Å². The van der Waals surface area contributed by atoms with Crippen LogP contribution in [0.2, 0.25) is 0 Å². The Bertz CT molecular complexity index is 3020. The first-order valence-electron chi connectivity index (χ1n) is 17.6. The van der Waals surface area contributed by atoms with Gasteiger partial charge in [0.15, 0.2) is 0 Å². The molecule has 0 bridgehead atoms. The largest absolute Gasteiger partial charge is 0.383 e. The van der Waals surface area contributed by atoms with Gasteiger partial charge < -0.3 is 10.3 Å². The number of aliphatic imine (C=N–C) groups is 1. The number of aromatic nitrogens is 1. The van der Waals surface area contributed by atoms with Crippen LogP contribution in [0.1, 0.15) is 16.7 Å². The zero-order valence-corrected chi connectivity index (χ0v) is 29.1. The highest BCUT2D eigenvalue weighted by atomic mass is 32.1. The number of nitrogens with zero attached hydrogens (tertiary/aromatic N) is 2. The predicted octanol–water partition coefficient (Wildman–Crippen LogP) is 12.4. The summed E-state index contributed by atoms with van der Waals surface area (Å²) in [5, 5.41) is 10.4. The molecule has 2 heterocycles. The molecule has 0 radical (unpaired) electrons. The maximum atomic E-state index is 6.57. The van der Waals surface area contributed by atoms with Crippen LogP contribution in [-0.4, -0.2) is 10.4 Å². The Morgan fingerprint density at radius 2 is 1.13 bits per heavy atom. The van der Waals surface area contributed by atoms with Crippen molar-refractivity contribution >= 4 is 86.4 Å². The number of para-hydroxylation sites is 1. The van der Waals surface area contributed by atoms with Crippen molar-refractivity contribution in [2.24, 2.45) is 10.7 Å². The van der Waals surface area contributed by atoms with Crippen LogP contribution in [-0.2, 0) is 6.42 Å². The molecule has 52 heavy (non-hydrogen) atoms. The number of thiophene rings is 1. The van der Waals surface area contributed by atoms with E-state index in [1.807, 2.05) is 47.7 Å². The minimum atomic E-state index is 0.499. The Kier molecular flexibility index (Phi) is 7.22. The van der Waals surface area contributed by atoms with E-state index in [0.29, 0.717) is 5.84 Å². The van der Waals surface area contributed by atoms with Crippen LogP contribution < -0.4 is 5.73 Å². The van der Waals surface area contributed by atoms with Crippen LogP contribution in [0.3, 0.4) is 0 Å². The third-order valence-corrected chi connectivity index (χ3v) is 11.4. The van der Waals surface area contributed by atoms with Crippen molar-refractivity contribution in [1.82, 2.24) is 4.57 Å². The van der Waals surface area contributed by atoms with Crippen LogP contribution >= 0.6 is 11.3 Å². The summed E-state index contributed by atoms with van der Waals surface area (Å²) in [5.41, 5.74) is 14.0. The topological polar surface area (TPSA) is 43.3 Å². The van der Waals surface area contributed by atoms with Gasteiger partial charge in [-0.15, -0.1) is 11.3 Å². The van der Waals surface area contributed by atoms with Gasteiger partial charge in [-0.25, -0.2) is 4.99 Å². The maximum Gasteiger partial charge on any atom is 0.131 e. The molecular formula is C48H33N3S. The number of fused-ring (bicyclic) bond motifs is 11. The SMILES string of the molecule is NC(=N/C(=C\Cc1ccccc1)c1ccc(-n2c3ccccc3c3c4ccc5c(ccc6sc7ccccc7c65)c4ccc32)cc1)c1ccccc1. The first-order chi connectivity index (χ1) is 25.7. The Morgan fingerprint density at radius 1 is 0.500 bits per heavy atom. The second-order valence-corrected chi connectivity index (χ2v) is 14.4. The van der Waals surface area contributed by atoms with Crippen LogP contribution in [0, 0.1) is 0 Å². The Balaban J connectivity index is 1.12. The summed E-state index contributed by atoms with van der Waals surface area (Å²) in [6.45, 7) is 0. The van der Waals surface area contributed by atoms with Gasteiger partial charge in [0, 0.05) is 47.8 Å². The molecule has 2 N–H and O–H groups in total. The smallest absolute Gasteiger partial charge is 0.131 e. The van der Waals surface area contributed by atoms with Crippen molar-refractivity contribution in [2.75, 3.05) is 0 Å². The fourth-order valence-corrected chi connectivity index (χ4v) is 8.95. The average Bonchev–Trinajstić information content (AvgIpc) is 3.76. The molecule has 0 fully saturated rings. The summed E-state index contributed by atoms with van der Waals surface area (Å²) in [4.78, 5) is 4.96. The third kappa shape index (κ3) is 4.99. The minimum absolute atomic E-state index is 0.499. The Hall–Kier alpha value is -6.49. The van der Waals surface area contributed by atoms with Crippen LogP contribution in [0.15, 0.2) is 181 Å². The molecular weight excluding hydrogens is 651 g/mol. The van der Waals surface area contributed by atoms with Gasteiger partial charge in [0.05, 0.1) is 16.7 Å². The molecule has 0 saturated heterocycles. The zero-order chi connectivity index (χ0) is 34.6. The summed E-state index contributed by atoms with van der Waals surface area (Å²) in [6.07, 6.45) is 2.93. The zero-order valence-electron chi connectivity index (χ0n) is 28.3. The van der Waals surface area contributed by atoms with Gasteiger partial charge in [0.2, 0.25) is 0 Å². The van der Waals surface area contributed by atoms with Gasteiger partial charge in [-0.3, -0.25) is 0 Å². The lowest BCUT2D eigenvalue weighted by Crippen LogP contribution is -2.13. The monoisotopic (exact) mass is 683 g/mol. The fraction of sp³-hybridized carbons (Fsp3) is 0.0208. The Morgan fingerprint density at radius 3 is 1.92 bits per heavy atom. The first-order valence-corrected chi connectivity index (χ1v) is 18.5. The number of amidine groups is 1. The predicted molar refractivity (Wildman–Crippen MR) is 224 cm³/mol. The molecule has 0 aliphatic carbocycles. The highest BCUT2D eigenvalue weighted by Gasteiger charge is 2.17. The number of rotatable bonds is 6. The van der Waals surface area contributed by atoms with Gasteiger partial charge in [-0.2, -0.15) is 0 Å². The molecule has 2 aromatic heterocycles. The molecule has 10 aromatic rings.